The first-order valence-corrected chi connectivity index (χ1v) is 6.02. The van der Waals surface area contributed by atoms with Crippen molar-refractivity contribution in [3.8, 4) is 0 Å². The molecule has 0 aliphatic rings. The van der Waals surface area contributed by atoms with Crippen LogP contribution in [-0.2, 0) is 15.8 Å². The molecule has 0 aliphatic carbocycles. The minimum Gasteiger partial charge on any atom is -0.344 e. The average molecular weight is 307 g/mol. The molecule has 1 atom stereocenters. The largest absolute Gasteiger partial charge is 0.451 e. The summed E-state index contributed by atoms with van der Waals surface area (Å²) in [7, 11) is 0. The molecule has 1 aromatic heterocycles. The zero-order chi connectivity index (χ0) is 16.4. The molecule has 0 saturated carbocycles. The number of nitrogens with one attached hydrogen (secondary N) is 3. The smallest absolute Gasteiger partial charge is 0.344 e. The van der Waals surface area contributed by atoms with Crippen molar-refractivity contribution in [3.63, 3.8) is 0 Å². The first-order valence-electron chi connectivity index (χ1n) is 6.02. The molecule has 7 nitrogen and oxygen atoms in total. The van der Waals surface area contributed by atoms with E-state index in [0.717, 1.165) is 0 Å². The predicted molar refractivity (Wildman–Crippen MR) is 67.1 cm³/mol. The molecule has 118 valence electrons. The fraction of sp³-hybridized carbons (Fsp3) is 0.636. The number of halogens is 3. The number of amides is 2. The minimum atomic E-state index is -4.68. The van der Waals surface area contributed by atoms with Gasteiger partial charge in [0.15, 0.2) is 0 Å². The molecule has 1 aromatic rings. The Morgan fingerprint density at radius 1 is 1.24 bits per heavy atom. The predicted octanol–water partition coefficient (Wildman–Crippen LogP) is 1.31. The maximum absolute atomic E-state index is 12.3. The molecule has 0 spiro atoms. The van der Waals surface area contributed by atoms with Crippen LogP contribution in [0.2, 0.25) is 0 Å². The third-order valence-corrected chi connectivity index (χ3v) is 2.41. The Kier molecular flexibility index (Phi) is 4.59. The second-order valence-electron chi connectivity index (χ2n) is 5.44. The summed E-state index contributed by atoms with van der Waals surface area (Å²) < 4.78 is 36.9. The van der Waals surface area contributed by atoms with Gasteiger partial charge in [-0.15, -0.1) is 5.10 Å². The lowest BCUT2D eigenvalue weighted by atomic mass is 9.95. The third-order valence-electron chi connectivity index (χ3n) is 2.41. The summed E-state index contributed by atoms with van der Waals surface area (Å²) >= 11 is 0. The lowest BCUT2D eigenvalue weighted by Gasteiger charge is -2.20. The molecule has 2 amide bonds. The van der Waals surface area contributed by atoms with E-state index < -0.39 is 35.3 Å². The molecular formula is C11H16F3N5O2. The topological polar surface area (TPSA) is 99.8 Å². The van der Waals surface area contributed by atoms with Crippen LogP contribution in [0, 0.1) is 5.41 Å². The third kappa shape index (κ3) is 4.72. The van der Waals surface area contributed by atoms with E-state index in [4.69, 9.17) is 0 Å². The van der Waals surface area contributed by atoms with Crippen molar-refractivity contribution in [2.45, 2.75) is 39.9 Å². The van der Waals surface area contributed by atoms with E-state index in [1.165, 1.54) is 6.92 Å². The molecule has 0 aromatic carbocycles. The highest BCUT2D eigenvalue weighted by atomic mass is 19.4. The molecule has 1 heterocycles. The SMILES string of the molecule is CC(NC(=O)C(C)(C)C)C(=O)Nc1n[nH]c(C(F)(F)F)n1. The summed E-state index contributed by atoms with van der Waals surface area (Å²) in [6, 6.07) is -0.940. The quantitative estimate of drug-likeness (QED) is 0.784. The standard InChI is InChI=1S/C11H16F3N5O2/c1-5(15-8(21)10(2,3)4)6(20)16-9-17-7(18-19-9)11(12,13)14/h5H,1-4H3,(H,15,21)(H2,16,17,18,19,20). The molecule has 0 fully saturated rings. The van der Waals surface area contributed by atoms with Gasteiger partial charge in [0.2, 0.25) is 23.6 Å². The van der Waals surface area contributed by atoms with Crippen molar-refractivity contribution in [2.24, 2.45) is 5.41 Å². The lowest BCUT2D eigenvalue weighted by Crippen LogP contribution is -2.46. The number of anilines is 1. The van der Waals surface area contributed by atoms with E-state index in [0.29, 0.717) is 0 Å². The van der Waals surface area contributed by atoms with E-state index >= 15 is 0 Å². The number of aromatic nitrogens is 3. The van der Waals surface area contributed by atoms with Gasteiger partial charge in [-0.1, -0.05) is 20.8 Å². The van der Waals surface area contributed by atoms with Gasteiger partial charge < -0.3 is 5.32 Å². The molecule has 3 N–H and O–H groups in total. The van der Waals surface area contributed by atoms with Crippen molar-refractivity contribution in [1.82, 2.24) is 20.5 Å². The Morgan fingerprint density at radius 2 is 1.81 bits per heavy atom. The lowest BCUT2D eigenvalue weighted by molar-refractivity contribution is -0.144. The molecule has 0 bridgehead atoms. The van der Waals surface area contributed by atoms with Gasteiger partial charge in [-0.05, 0) is 6.92 Å². The number of rotatable bonds is 3. The Bertz CT molecular complexity index is 533. The van der Waals surface area contributed by atoms with Gasteiger partial charge in [0.1, 0.15) is 6.04 Å². The van der Waals surface area contributed by atoms with Gasteiger partial charge in [0, 0.05) is 5.41 Å². The van der Waals surface area contributed by atoms with Crippen LogP contribution in [0.5, 0.6) is 0 Å². The first kappa shape index (κ1) is 16.9. The molecule has 1 unspecified atom stereocenters. The van der Waals surface area contributed by atoms with Gasteiger partial charge in [-0.2, -0.15) is 18.2 Å². The molecule has 1 rings (SSSR count). The summed E-state index contributed by atoms with van der Waals surface area (Å²) in [6.45, 7) is 6.39. The number of aromatic amines is 1. The first-order chi connectivity index (χ1) is 9.41. The normalized spacial score (nSPS) is 13.7. The summed E-state index contributed by atoms with van der Waals surface area (Å²) in [5.41, 5.74) is -0.692. The van der Waals surface area contributed by atoms with Gasteiger partial charge >= 0.3 is 6.18 Å². The van der Waals surface area contributed by atoms with Crippen molar-refractivity contribution in [3.05, 3.63) is 5.82 Å². The summed E-state index contributed by atoms with van der Waals surface area (Å²) in [5, 5.41) is 9.42. The summed E-state index contributed by atoms with van der Waals surface area (Å²) in [5.74, 6) is -2.91. The van der Waals surface area contributed by atoms with Crippen LogP contribution < -0.4 is 10.6 Å². The number of carbonyl (C=O) groups excluding carboxylic acids is 2. The van der Waals surface area contributed by atoms with Crippen LogP contribution in [0.4, 0.5) is 19.1 Å². The Hall–Kier alpha value is -2.13. The number of carbonyl (C=O) groups is 2. The van der Waals surface area contributed by atoms with Crippen molar-refractivity contribution in [1.29, 1.82) is 0 Å². The van der Waals surface area contributed by atoms with E-state index in [1.807, 2.05) is 0 Å². The monoisotopic (exact) mass is 307 g/mol. The molecule has 0 aliphatic heterocycles. The van der Waals surface area contributed by atoms with Crippen LogP contribution in [0.15, 0.2) is 0 Å². The van der Waals surface area contributed by atoms with Crippen molar-refractivity contribution >= 4 is 17.8 Å². The second-order valence-corrected chi connectivity index (χ2v) is 5.44. The number of H-pyrrole nitrogens is 1. The molecule has 0 radical (unpaired) electrons. The number of hydrogen-bond acceptors (Lipinski definition) is 4. The second kappa shape index (κ2) is 5.70. The Labute approximate surface area is 118 Å². The van der Waals surface area contributed by atoms with Crippen molar-refractivity contribution in [2.75, 3.05) is 5.32 Å². The van der Waals surface area contributed by atoms with Crippen LogP contribution in [0.3, 0.4) is 0 Å². The van der Waals surface area contributed by atoms with Crippen LogP contribution in [-0.4, -0.2) is 33.0 Å². The maximum Gasteiger partial charge on any atom is 0.451 e. The van der Waals surface area contributed by atoms with Gasteiger partial charge in [0.25, 0.3) is 0 Å². The highest BCUT2D eigenvalue weighted by Crippen LogP contribution is 2.26. The van der Waals surface area contributed by atoms with Crippen LogP contribution >= 0.6 is 0 Å². The van der Waals surface area contributed by atoms with Crippen molar-refractivity contribution < 1.29 is 22.8 Å². The fourth-order valence-corrected chi connectivity index (χ4v) is 1.14. The van der Waals surface area contributed by atoms with E-state index in [9.17, 15) is 22.8 Å². The van der Waals surface area contributed by atoms with Gasteiger partial charge in [0.05, 0.1) is 0 Å². The number of nitrogens with zero attached hydrogens (tertiary/aromatic N) is 2. The number of hydrogen-bond donors (Lipinski definition) is 3. The molecule has 10 heteroatoms. The number of alkyl halides is 3. The molecule has 0 saturated heterocycles. The molecule has 21 heavy (non-hydrogen) atoms. The molecular weight excluding hydrogens is 291 g/mol. The Balaban J connectivity index is 2.65. The zero-order valence-corrected chi connectivity index (χ0v) is 11.9. The maximum atomic E-state index is 12.3. The summed E-state index contributed by atoms with van der Waals surface area (Å²) in [6.07, 6.45) is -4.68. The fourth-order valence-electron chi connectivity index (χ4n) is 1.14. The summed E-state index contributed by atoms with van der Waals surface area (Å²) in [4.78, 5) is 26.5. The minimum absolute atomic E-state index is 0.365. The van der Waals surface area contributed by atoms with Gasteiger partial charge in [-0.25, -0.2) is 0 Å². The highest BCUT2D eigenvalue weighted by Gasteiger charge is 2.35. The highest BCUT2D eigenvalue weighted by molar-refractivity contribution is 5.96. The van der Waals surface area contributed by atoms with Gasteiger partial charge in [-0.3, -0.25) is 20.0 Å². The van der Waals surface area contributed by atoms with Crippen LogP contribution in [0.25, 0.3) is 0 Å². The zero-order valence-electron chi connectivity index (χ0n) is 11.9. The van der Waals surface area contributed by atoms with E-state index in [-0.39, 0.29) is 5.91 Å². The van der Waals surface area contributed by atoms with E-state index in [1.54, 1.807) is 25.9 Å². The average Bonchev–Trinajstić information content (AvgIpc) is 2.75. The van der Waals surface area contributed by atoms with Crippen LogP contribution in [0.1, 0.15) is 33.5 Å². The Morgan fingerprint density at radius 3 is 2.24 bits per heavy atom. The van der Waals surface area contributed by atoms with E-state index in [2.05, 4.69) is 20.7 Å².